The predicted molar refractivity (Wildman–Crippen MR) is 79.5 cm³/mol. The minimum absolute atomic E-state index is 0.896. The molecule has 0 unspecified atom stereocenters. The van der Waals surface area contributed by atoms with E-state index in [2.05, 4.69) is 35.3 Å². The van der Waals surface area contributed by atoms with E-state index in [9.17, 15) is 0 Å². The molecule has 0 amide bonds. The molecule has 0 spiro atoms. The lowest BCUT2D eigenvalue weighted by atomic mass is 10.1. The maximum absolute atomic E-state index is 6.41. The number of rotatable bonds is 5. The summed E-state index contributed by atoms with van der Waals surface area (Å²) >= 11 is 6.41. The van der Waals surface area contributed by atoms with Crippen molar-refractivity contribution in [2.75, 3.05) is 24.5 Å². The van der Waals surface area contributed by atoms with Crippen LogP contribution in [-0.2, 0) is 6.54 Å². The van der Waals surface area contributed by atoms with Gasteiger partial charge in [-0.3, -0.25) is 0 Å². The standard InChI is InChI=1S/C15H23ClN2/c1-2-8-17-12-13-6-7-15(14(16)11-13)18-9-4-3-5-10-18/h6-7,11,17H,2-5,8-10,12H2,1H3. The molecule has 0 radical (unpaired) electrons. The van der Waals surface area contributed by atoms with Crippen molar-refractivity contribution in [1.82, 2.24) is 5.32 Å². The van der Waals surface area contributed by atoms with Crippen LogP contribution in [0.2, 0.25) is 5.02 Å². The summed E-state index contributed by atoms with van der Waals surface area (Å²) in [6, 6.07) is 6.48. The largest absolute Gasteiger partial charge is 0.370 e. The van der Waals surface area contributed by atoms with E-state index in [0.717, 1.165) is 31.2 Å². The zero-order valence-corrected chi connectivity index (χ0v) is 12.0. The van der Waals surface area contributed by atoms with Gasteiger partial charge in [-0.1, -0.05) is 24.6 Å². The molecule has 0 aliphatic carbocycles. The van der Waals surface area contributed by atoms with Crippen LogP contribution in [0, 0.1) is 0 Å². The lowest BCUT2D eigenvalue weighted by Crippen LogP contribution is -2.29. The van der Waals surface area contributed by atoms with E-state index in [1.165, 1.54) is 36.9 Å². The quantitative estimate of drug-likeness (QED) is 0.815. The van der Waals surface area contributed by atoms with Crippen molar-refractivity contribution in [2.24, 2.45) is 0 Å². The monoisotopic (exact) mass is 266 g/mol. The van der Waals surface area contributed by atoms with Crippen LogP contribution in [-0.4, -0.2) is 19.6 Å². The molecule has 1 N–H and O–H groups in total. The Labute approximate surface area is 115 Å². The number of hydrogen-bond acceptors (Lipinski definition) is 2. The first-order valence-electron chi connectivity index (χ1n) is 7.05. The predicted octanol–water partition coefficient (Wildman–Crippen LogP) is 3.83. The summed E-state index contributed by atoms with van der Waals surface area (Å²) in [5.74, 6) is 0. The maximum atomic E-state index is 6.41. The fourth-order valence-electron chi connectivity index (χ4n) is 2.46. The third kappa shape index (κ3) is 3.63. The van der Waals surface area contributed by atoms with E-state index in [1.807, 2.05) is 0 Å². The van der Waals surface area contributed by atoms with E-state index in [4.69, 9.17) is 11.6 Å². The number of piperidine rings is 1. The molecule has 1 aliphatic heterocycles. The molecule has 0 atom stereocenters. The van der Waals surface area contributed by atoms with Crippen LogP contribution >= 0.6 is 11.6 Å². The van der Waals surface area contributed by atoms with Gasteiger partial charge in [0.05, 0.1) is 10.7 Å². The number of nitrogens with zero attached hydrogens (tertiary/aromatic N) is 1. The Balaban J connectivity index is 2.00. The normalized spacial score (nSPS) is 16.0. The van der Waals surface area contributed by atoms with Crippen molar-refractivity contribution in [1.29, 1.82) is 0 Å². The molecule has 1 fully saturated rings. The first kappa shape index (κ1) is 13.7. The van der Waals surface area contributed by atoms with E-state index in [0.29, 0.717) is 0 Å². The fraction of sp³-hybridized carbons (Fsp3) is 0.600. The smallest absolute Gasteiger partial charge is 0.0642 e. The second-order valence-electron chi connectivity index (χ2n) is 5.01. The molecule has 18 heavy (non-hydrogen) atoms. The number of halogens is 1. The highest BCUT2D eigenvalue weighted by Crippen LogP contribution is 2.29. The van der Waals surface area contributed by atoms with Gasteiger partial charge in [0.25, 0.3) is 0 Å². The summed E-state index contributed by atoms with van der Waals surface area (Å²) < 4.78 is 0. The summed E-state index contributed by atoms with van der Waals surface area (Å²) in [7, 11) is 0. The topological polar surface area (TPSA) is 15.3 Å². The second kappa shape index (κ2) is 7.01. The van der Waals surface area contributed by atoms with Crippen LogP contribution in [0.1, 0.15) is 38.2 Å². The molecule has 100 valence electrons. The summed E-state index contributed by atoms with van der Waals surface area (Å²) in [5.41, 5.74) is 2.48. The van der Waals surface area contributed by atoms with Crippen molar-refractivity contribution in [2.45, 2.75) is 39.2 Å². The highest BCUT2D eigenvalue weighted by Gasteiger charge is 2.13. The molecule has 1 aliphatic rings. The summed E-state index contributed by atoms with van der Waals surface area (Å²) in [5, 5.41) is 4.30. The Hall–Kier alpha value is -0.730. The Morgan fingerprint density at radius 2 is 2.00 bits per heavy atom. The van der Waals surface area contributed by atoms with Crippen molar-refractivity contribution in [3.8, 4) is 0 Å². The van der Waals surface area contributed by atoms with Gasteiger partial charge in [-0.25, -0.2) is 0 Å². The van der Waals surface area contributed by atoms with Gasteiger partial charge in [-0.15, -0.1) is 0 Å². The molecular formula is C15H23ClN2. The van der Waals surface area contributed by atoms with Crippen LogP contribution in [0.5, 0.6) is 0 Å². The summed E-state index contributed by atoms with van der Waals surface area (Å²) in [4.78, 5) is 2.41. The molecular weight excluding hydrogens is 244 g/mol. The average Bonchev–Trinajstić information content (AvgIpc) is 2.40. The molecule has 2 rings (SSSR count). The lowest BCUT2D eigenvalue weighted by molar-refractivity contribution is 0.578. The molecule has 3 heteroatoms. The Morgan fingerprint density at radius 1 is 1.22 bits per heavy atom. The average molecular weight is 267 g/mol. The number of benzene rings is 1. The van der Waals surface area contributed by atoms with Crippen molar-refractivity contribution < 1.29 is 0 Å². The van der Waals surface area contributed by atoms with Gasteiger partial charge in [0.2, 0.25) is 0 Å². The Morgan fingerprint density at radius 3 is 2.67 bits per heavy atom. The molecule has 2 nitrogen and oxygen atoms in total. The molecule has 1 heterocycles. The molecule has 0 aromatic heterocycles. The van der Waals surface area contributed by atoms with Gasteiger partial charge in [0, 0.05) is 19.6 Å². The van der Waals surface area contributed by atoms with Crippen molar-refractivity contribution in [3.05, 3.63) is 28.8 Å². The SMILES string of the molecule is CCCNCc1ccc(N2CCCCC2)c(Cl)c1. The van der Waals surface area contributed by atoms with Gasteiger partial charge in [-0.2, -0.15) is 0 Å². The maximum Gasteiger partial charge on any atom is 0.0642 e. The minimum Gasteiger partial charge on any atom is -0.370 e. The summed E-state index contributed by atoms with van der Waals surface area (Å²) in [6.07, 6.45) is 5.10. The molecule has 1 aromatic rings. The summed E-state index contributed by atoms with van der Waals surface area (Å²) in [6.45, 7) is 6.44. The first-order valence-corrected chi connectivity index (χ1v) is 7.43. The van der Waals surface area contributed by atoms with Gasteiger partial charge in [-0.05, 0) is 49.9 Å². The third-order valence-corrected chi connectivity index (χ3v) is 3.77. The van der Waals surface area contributed by atoms with Gasteiger partial charge in [0.1, 0.15) is 0 Å². The van der Waals surface area contributed by atoms with Crippen LogP contribution in [0.4, 0.5) is 5.69 Å². The number of hydrogen-bond donors (Lipinski definition) is 1. The van der Waals surface area contributed by atoms with Gasteiger partial charge < -0.3 is 10.2 Å². The zero-order valence-electron chi connectivity index (χ0n) is 11.2. The van der Waals surface area contributed by atoms with E-state index in [-0.39, 0.29) is 0 Å². The Kier molecular flexibility index (Phi) is 5.33. The van der Waals surface area contributed by atoms with Gasteiger partial charge in [0.15, 0.2) is 0 Å². The first-order chi connectivity index (χ1) is 8.81. The molecule has 0 saturated carbocycles. The van der Waals surface area contributed by atoms with Crippen LogP contribution in [0.25, 0.3) is 0 Å². The van der Waals surface area contributed by atoms with Crippen LogP contribution in [0.3, 0.4) is 0 Å². The van der Waals surface area contributed by atoms with Crippen LogP contribution in [0.15, 0.2) is 18.2 Å². The van der Waals surface area contributed by atoms with Crippen molar-refractivity contribution >= 4 is 17.3 Å². The highest BCUT2D eigenvalue weighted by atomic mass is 35.5. The zero-order chi connectivity index (χ0) is 12.8. The van der Waals surface area contributed by atoms with E-state index < -0.39 is 0 Å². The number of nitrogens with one attached hydrogen (secondary N) is 1. The molecule has 1 saturated heterocycles. The number of anilines is 1. The second-order valence-corrected chi connectivity index (χ2v) is 5.42. The van der Waals surface area contributed by atoms with Crippen LogP contribution < -0.4 is 10.2 Å². The fourth-order valence-corrected chi connectivity index (χ4v) is 2.78. The molecule has 1 aromatic carbocycles. The highest BCUT2D eigenvalue weighted by molar-refractivity contribution is 6.33. The van der Waals surface area contributed by atoms with Gasteiger partial charge >= 0.3 is 0 Å². The lowest BCUT2D eigenvalue weighted by Gasteiger charge is -2.29. The van der Waals surface area contributed by atoms with E-state index in [1.54, 1.807) is 0 Å². The molecule has 0 bridgehead atoms. The Bertz CT molecular complexity index is 373. The minimum atomic E-state index is 0.896. The van der Waals surface area contributed by atoms with Crippen molar-refractivity contribution in [3.63, 3.8) is 0 Å². The third-order valence-electron chi connectivity index (χ3n) is 3.46. The van der Waals surface area contributed by atoms with E-state index >= 15 is 0 Å².